The molecule has 0 bridgehead atoms. The number of nitrogens with zero attached hydrogens (tertiary/aromatic N) is 1. The van der Waals surface area contributed by atoms with Crippen LogP contribution in [0.5, 0.6) is 0 Å². The fraction of sp³-hybridized carbons (Fsp3) is 0.400. The van der Waals surface area contributed by atoms with Gasteiger partial charge in [0.05, 0.1) is 6.20 Å². The Morgan fingerprint density at radius 2 is 2.18 bits per heavy atom. The molecule has 0 radical (unpaired) electrons. The second-order valence-corrected chi connectivity index (χ2v) is 1.81. The lowest BCUT2D eigenvalue weighted by Gasteiger charge is -2.09. The average Bonchev–Trinajstić information content (AvgIpc) is 2.34. The smallest absolute Gasteiger partial charge is 0.423 e. The van der Waals surface area contributed by atoms with Crippen LogP contribution in [-0.2, 0) is 0 Å². The molecule has 6 heteroatoms. The third kappa shape index (κ3) is 1.70. The van der Waals surface area contributed by atoms with E-state index >= 15 is 0 Å². The molecular formula is C5H4F3NO2. The second-order valence-electron chi connectivity index (χ2n) is 1.81. The summed E-state index contributed by atoms with van der Waals surface area (Å²) >= 11 is 0. The minimum Gasteiger partial charge on any atom is -0.446 e. The first kappa shape index (κ1) is 8.06. The van der Waals surface area contributed by atoms with Crippen LogP contribution in [0, 0.1) is 0 Å². The number of halogens is 3. The van der Waals surface area contributed by atoms with Crippen molar-refractivity contribution in [1.82, 2.24) is 4.98 Å². The number of hydrogen-bond donors (Lipinski definition) is 1. The lowest BCUT2D eigenvalue weighted by molar-refractivity contribution is -0.213. The molecule has 1 rings (SSSR count). The molecule has 0 amide bonds. The van der Waals surface area contributed by atoms with Crippen LogP contribution in [0.3, 0.4) is 0 Å². The van der Waals surface area contributed by atoms with Gasteiger partial charge in [0, 0.05) is 0 Å². The Kier molecular flexibility index (Phi) is 1.86. The molecule has 0 saturated carbocycles. The molecule has 1 N–H and O–H groups in total. The van der Waals surface area contributed by atoms with Crippen molar-refractivity contribution in [2.24, 2.45) is 0 Å². The minimum absolute atomic E-state index is 0.738. The summed E-state index contributed by atoms with van der Waals surface area (Å²) in [5, 5.41) is 8.46. The Morgan fingerprint density at radius 1 is 1.55 bits per heavy atom. The van der Waals surface area contributed by atoms with Crippen LogP contribution in [0.2, 0.25) is 0 Å². The fourth-order valence-electron chi connectivity index (χ4n) is 0.510. The summed E-state index contributed by atoms with van der Waals surface area (Å²) in [7, 11) is 0. The van der Waals surface area contributed by atoms with Gasteiger partial charge in [-0.1, -0.05) is 0 Å². The Balaban J connectivity index is 2.78. The molecule has 1 aromatic heterocycles. The molecule has 1 heterocycles. The molecule has 0 aliphatic carbocycles. The van der Waals surface area contributed by atoms with E-state index < -0.39 is 18.2 Å². The fourth-order valence-corrected chi connectivity index (χ4v) is 0.510. The molecular weight excluding hydrogens is 163 g/mol. The summed E-state index contributed by atoms with van der Waals surface area (Å²) in [6, 6.07) is 0. The Morgan fingerprint density at radius 3 is 2.55 bits per heavy atom. The van der Waals surface area contributed by atoms with E-state index in [1.807, 2.05) is 0 Å². The predicted molar refractivity (Wildman–Crippen MR) is 27.5 cm³/mol. The SMILES string of the molecule is OC(c1ncco1)C(F)(F)F. The van der Waals surface area contributed by atoms with Crippen LogP contribution < -0.4 is 0 Å². The van der Waals surface area contributed by atoms with E-state index in [0.717, 1.165) is 12.5 Å². The largest absolute Gasteiger partial charge is 0.446 e. The zero-order valence-corrected chi connectivity index (χ0v) is 5.17. The first-order valence-electron chi connectivity index (χ1n) is 2.66. The van der Waals surface area contributed by atoms with Gasteiger partial charge in [-0.05, 0) is 0 Å². The van der Waals surface area contributed by atoms with Crippen molar-refractivity contribution in [3.05, 3.63) is 18.4 Å². The molecule has 1 atom stereocenters. The molecule has 1 aromatic rings. The minimum atomic E-state index is -4.72. The molecule has 0 aliphatic rings. The van der Waals surface area contributed by atoms with Gasteiger partial charge in [-0.3, -0.25) is 0 Å². The number of aromatic nitrogens is 1. The maximum absolute atomic E-state index is 11.7. The third-order valence-corrected chi connectivity index (χ3v) is 0.995. The molecule has 62 valence electrons. The Hall–Kier alpha value is -1.04. The first-order chi connectivity index (χ1) is 5.02. The van der Waals surface area contributed by atoms with Crippen molar-refractivity contribution in [2.75, 3.05) is 0 Å². The number of aliphatic hydroxyl groups is 1. The standard InChI is InChI=1S/C5H4F3NO2/c6-5(7,8)3(10)4-9-1-2-11-4/h1-3,10H. The van der Waals surface area contributed by atoms with Gasteiger partial charge in [-0.15, -0.1) is 0 Å². The lowest BCUT2D eigenvalue weighted by Crippen LogP contribution is -2.20. The highest BCUT2D eigenvalue weighted by molar-refractivity contribution is 4.88. The van der Waals surface area contributed by atoms with Crippen LogP contribution >= 0.6 is 0 Å². The first-order valence-corrected chi connectivity index (χ1v) is 2.66. The summed E-state index contributed by atoms with van der Waals surface area (Å²) in [6.45, 7) is 0. The Bertz CT molecular complexity index is 218. The highest BCUT2D eigenvalue weighted by Gasteiger charge is 2.42. The zero-order chi connectivity index (χ0) is 8.48. The van der Waals surface area contributed by atoms with Gasteiger partial charge in [0.2, 0.25) is 12.0 Å². The molecule has 0 aliphatic heterocycles. The topological polar surface area (TPSA) is 46.3 Å². The van der Waals surface area contributed by atoms with Crippen molar-refractivity contribution in [3.63, 3.8) is 0 Å². The maximum atomic E-state index is 11.7. The second kappa shape index (κ2) is 2.54. The highest BCUT2D eigenvalue weighted by atomic mass is 19.4. The number of oxazole rings is 1. The van der Waals surface area contributed by atoms with Crippen LogP contribution in [0.25, 0.3) is 0 Å². The lowest BCUT2D eigenvalue weighted by atomic mass is 10.3. The summed E-state index contributed by atoms with van der Waals surface area (Å²) < 4.78 is 39.2. The number of rotatable bonds is 1. The molecule has 0 fully saturated rings. The number of aliphatic hydroxyl groups excluding tert-OH is 1. The highest BCUT2D eigenvalue weighted by Crippen LogP contribution is 2.30. The van der Waals surface area contributed by atoms with E-state index in [-0.39, 0.29) is 0 Å². The third-order valence-electron chi connectivity index (χ3n) is 0.995. The monoisotopic (exact) mass is 167 g/mol. The van der Waals surface area contributed by atoms with Crippen molar-refractivity contribution in [1.29, 1.82) is 0 Å². The summed E-state index contributed by atoms with van der Waals surface area (Å²) in [5.74, 6) is -0.738. The van der Waals surface area contributed by atoms with Crippen LogP contribution in [0.4, 0.5) is 13.2 Å². The molecule has 0 saturated heterocycles. The molecule has 3 nitrogen and oxygen atoms in total. The predicted octanol–water partition coefficient (Wildman–Crippen LogP) is 1.27. The quantitative estimate of drug-likeness (QED) is 0.685. The maximum Gasteiger partial charge on any atom is 0.423 e. The summed E-state index contributed by atoms with van der Waals surface area (Å²) in [5.41, 5.74) is 0. The Labute approximate surface area is 59.5 Å². The summed E-state index contributed by atoms with van der Waals surface area (Å²) in [4.78, 5) is 3.15. The molecule has 0 spiro atoms. The van der Waals surface area contributed by atoms with Crippen molar-refractivity contribution < 1.29 is 22.7 Å². The van der Waals surface area contributed by atoms with Crippen LogP contribution in [-0.4, -0.2) is 16.3 Å². The number of hydrogen-bond acceptors (Lipinski definition) is 3. The van der Waals surface area contributed by atoms with E-state index in [4.69, 9.17) is 5.11 Å². The van der Waals surface area contributed by atoms with Gasteiger partial charge >= 0.3 is 6.18 Å². The average molecular weight is 167 g/mol. The molecule has 11 heavy (non-hydrogen) atoms. The van der Waals surface area contributed by atoms with E-state index in [0.29, 0.717) is 0 Å². The normalized spacial score (nSPS) is 14.9. The van der Waals surface area contributed by atoms with Gasteiger partial charge in [0.15, 0.2) is 0 Å². The van der Waals surface area contributed by atoms with E-state index in [9.17, 15) is 13.2 Å². The van der Waals surface area contributed by atoms with Gasteiger partial charge in [-0.25, -0.2) is 4.98 Å². The summed E-state index contributed by atoms with van der Waals surface area (Å²) in [6.07, 6.45) is -5.35. The van der Waals surface area contributed by atoms with Crippen molar-refractivity contribution >= 4 is 0 Å². The van der Waals surface area contributed by atoms with Gasteiger partial charge in [0.25, 0.3) is 0 Å². The molecule has 1 unspecified atom stereocenters. The van der Waals surface area contributed by atoms with Crippen LogP contribution in [0.1, 0.15) is 12.0 Å². The van der Waals surface area contributed by atoms with Gasteiger partial charge in [0.1, 0.15) is 6.26 Å². The van der Waals surface area contributed by atoms with E-state index in [2.05, 4.69) is 9.40 Å². The van der Waals surface area contributed by atoms with E-state index in [1.54, 1.807) is 0 Å². The van der Waals surface area contributed by atoms with Gasteiger partial charge in [-0.2, -0.15) is 13.2 Å². The zero-order valence-electron chi connectivity index (χ0n) is 5.17. The van der Waals surface area contributed by atoms with Crippen LogP contribution in [0.15, 0.2) is 16.9 Å². The number of alkyl halides is 3. The van der Waals surface area contributed by atoms with Crippen molar-refractivity contribution in [2.45, 2.75) is 12.3 Å². The molecule has 0 aromatic carbocycles. The van der Waals surface area contributed by atoms with E-state index in [1.165, 1.54) is 0 Å². The van der Waals surface area contributed by atoms with Gasteiger partial charge < -0.3 is 9.52 Å². The van der Waals surface area contributed by atoms with Crippen molar-refractivity contribution in [3.8, 4) is 0 Å².